The minimum absolute atomic E-state index is 0.00349. The van der Waals surface area contributed by atoms with E-state index in [4.69, 9.17) is 21.9 Å². The Morgan fingerprint density at radius 1 is 1.02 bits per heavy atom. The average Bonchev–Trinajstić information content (AvgIpc) is 3.49. The van der Waals surface area contributed by atoms with Gasteiger partial charge in [-0.1, -0.05) is 6.07 Å². The molecule has 2 N–H and O–H groups in total. The molecular formula is C33H38N6O2S. The van der Waals surface area contributed by atoms with E-state index in [2.05, 4.69) is 83.0 Å². The molecule has 2 atom stereocenters. The summed E-state index contributed by atoms with van der Waals surface area (Å²) in [5.41, 5.74) is 8.35. The molecule has 5 rings (SSSR count). The molecular weight excluding hydrogens is 544 g/mol. The lowest BCUT2D eigenvalue weighted by Gasteiger charge is -2.28. The van der Waals surface area contributed by atoms with Crippen molar-refractivity contribution < 1.29 is 9.53 Å². The van der Waals surface area contributed by atoms with Crippen LogP contribution in [-0.4, -0.2) is 47.4 Å². The lowest BCUT2D eigenvalue weighted by Crippen LogP contribution is -2.29. The first kappa shape index (κ1) is 29.3. The van der Waals surface area contributed by atoms with Gasteiger partial charge in [0, 0.05) is 60.5 Å². The molecule has 0 radical (unpaired) electrons. The zero-order chi connectivity index (χ0) is 29.8. The number of carbonyl (C=O) groups excluding carboxylic acids is 1. The van der Waals surface area contributed by atoms with Crippen LogP contribution >= 0.6 is 12.2 Å². The smallest absolute Gasteiger partial charge is 0.250 e. The Bertz CT molecular complexity index is 1530. The number of benzene rings is 2. The number of nitrogens with one attached hydrogen (secondary N) is 2. The summed E-state index contributed by atoms with van der Waals surface area (Å²) >= 11 is 5.94. The fourth-order valence-corrected chi connectivity index (χ4v) is 6.21. The van der Waals surface area contributed by atoms with Crippen molar-refractivity contribution in [1.82, 2.24) is 14.9 Å². The summed E-state index contributed by atoms with van der Waals surface area (Å²) in [5, 5.41) is 7.04. The predicted molar refractivity (Wildman–Crippen MR) is 174 cm³/mol. The molecule has 1 fully saturated rings. The standard InChI is InChI=1S/C33H38N6O2S/c1-6-37(7-2)25-15-17-26(18-16-25)38-22(3)20-28(23(38)4)32-31(29-10-8-9-19-34-29)36-33(42)39(32)27-13-11-24(12-14-27)35-30(40)21-41-5/h8-20,31-32H,6-7,21H2,1-5H3,(H,35,40)(H,36,42)/t31-,32-/m0/s1. The van der Waals surface area contributed by atoms with Gasteiger partial charge in [0.15, 0.2) is 5.11 Å². The molecule has 4 aromatic rings. The Morgan fingerprint density at radius 3 is 2.33 bits per heavy atom. The van der Waals surface area contributed by atoms with Crippen LogP contribution in [0.1, 0.15) is 48.6 Å². The molecule has 0 saturated carbocycles. The van der Waals surface area contributed by atoms with Gasteiger partial charge < -0.3 is 29.7 Å². The number of amides is 1. The molecule has 0 spiro atoms. The molecule has 0 aliphatic carbocycles. The number of ether oxygens (including phenoxy) is 1. The first-order valence-corrected chi connectivity index (χ1v) is 14.7. The summed E-state index contributed by atoms with van der Waals surface area (Å²) in [6.45, 7) is 10.6. The highest BCUT2D eigenvalue weighted by molar-refractivity contribution is 7.80. The first-order valence-electron chi connectivity index (χ1n) is 14.3. The molecule has 3 heterocycles. The maximum absolute atomic E-state index is 12.0. The SMILES string of the molecule is CCN(CC)c1ccc(-n2c(C)cc([C@H]3[C@H](c4ccccn4)NC(=S)N3c3ccc(NC(=O)COC)cc3)c2C)cc1. The number of rotatable bonds is 10. The van der Waals surface area contributed by atoms with Crippen molar-refractivity contribution in [3.8, 4) is 5.69 Å². The second kappa shape index (κ2) is 12.8. The highest BCUT2D eigenvalue weighted by Crippen LogP contribution is 2.44. The zero-order valence-corrected chi connectivity index (χ0v) is 25.6. The molecule has 1 aliphatic heterocycles. The Kier molecular flexibility index (Phi) is 8.89. The van der Waals surface area contributed by atoms with E-state index in [1.54, 1.807) is 0 Å². The summed E-state index contributed by atoms with van der Waals surface area (Å²) in [4.78, 5) is 21.2. The summed E-state index contributed by atoms with van der Waals surface area (Å²) in [5.74, 6) is -0.200. The van der Waals surface area contributed by atoms with Crippen LogP contribution in [0.5, 0.6) is 0 Å². The third-order valence-electron chi connectivity index (χ3n) is 7.83. The van der Waals surface area contributed by atoms with E-state index >= 15 is 0 Å². The Balaban J connectivity index is 1.55. The maximum atomic E-state index is 12.0. The third-order valence-corrected chi connectivity index (χ3v) is 8.14. The summed E-state index contributed by atoms with van der Waals surface area (Å²) in [6, 6.07) is 24.4. The number of hydrogen-bond donors (Lipinski definition) is 2. The van der Waals surface area contributed by atoms with Crippen LogP contribution in [-0.2, 0) is 9.53 Å². The van der Waals surface area contributed by atoms with Crippen molar-refractivity contribution >= 4 is 40.3 Å². The Morgan fingerprint density at radius 2 is 1.71 bits per heavy atom. The number of anilines is 3. The van der Waals surface area contributed by atoms with Crippen molar-refractivity contribution in [1.29, 1.82) is 0 Å². The van der Waals surface area contributed by atoms with Crippen molar-refractivity contribution in [2.24, 2.45) is 0 Å². The Labute approximate surface area is 253 Å². The Hall–Kier alpha value is -4.21. The topological polar surface area (TPSA) is 74.7 Å². The van der Waals surface area contributed by atoms with E-state index in [9.17, 15) is 4.79 Å². The van der Waals surface area contributed by atoms with Gasteiger partial charge in [0.2, 0.25) is 5.91 Å². The highest BCUT2D eigenvalue weighted by Gasteiger charge is 2.42. The number of aromatic nitrogens is 2. The van der Waals surface area contributed by atoms with Crippen molar-refractivity contribution in [3.05, 3.63) is 102 Å². The minimum Gasteiger partial charge on any atom is -0.375 e. The molecule has 0 bridgehead atoms. The number of nitrogens with zero attached hydrogens (tertiary/aromatic N) is 4. The number of methoxy groups -OCH3 is 1. The van der Waals surface area contributed by atoms with Crippen LogP contribution < -0.4 is 20.4 Å². The van der Waals surface area contributed by atoms with E-state index in [0.717, 1.165) is 41.5 Å². The summed E-state index contributed by atoms with van der Waals surface area (Å²) in [6.07, 6.45) is 1.82. The van der Waals surface area contributed by atoms with Crippen LogP contribution in [0.2, 0.25) is 0 Å². The molecule has 1 saturated heterocycles. The predicted octanol–water partition coefficient (Wildman–Crippen LogP) is 6.10. The zero-order valence-electron chi connectivity index (χ0n) is 24.8. The number of aryl methyl sites for hydroxylation is 1. The van der Waals surface area contributed by atoms with E-state index in [0.29, 0.717) is 10.8 Å². The van der Waals surface area contributed by atoms with Crippen LogP contribution in [0, 0.1) is 13.8 Å². The number of pyridine rings is 1. The van der Waals surface area contributed by atoms with E-state index in [1.807, 2.05) is 48.7 Å². The molecule has 2 aromatic heterocycles. The van der Waals surface area contributed by atoms with Gasteiger partial charge in [0.05, 0.1) is 17.8 Å². The van der Waals surface area contributed by atoms with Crippen LogP contribution in [0.3, 0.4) is 0 Å². The van der Waals surface area contributed by atoms with Crippen LogP contribution in [0.25, 0.3) is 5.69 Å². The van der Waals surface area contributed by atoms with E-state index in [-0.39, 0.29) is 24.6 Å². The van der Waals surface area contributed by atoms with Crippen molar-refractivity contribution in [2.45, 2.75) is 39.8 Å². The van der Waals surface area contributed by atoms with Gasteiger partial charge in [-0.2, -0.15) is 0 Å². The number of hydrogen-bond acceptors (Lipinski definition) is 5. The first-order chi connectivity index (χ1) is 20.4. The molecule has 42 heavy (non-hydrogen) atoms. The third kappa shape index (κ3) is 5.75. The van der Waals surface area contributed by atoms with E-state index in [1.165, 1.54) is 18.4 Å². The molecule has 1 amide bonds. The van der Waals surface area contributed by atoms with Gasteiger partial charge in [-0.25, -0.2) is 0 Å². The quantitative estimate of drug-likeness (QED) is 0.219. The van der Waals surface area contributed by atoms with Gasteiger partial charge in [0.25, 0.3) is 0 Å². The molecule has 1 aliphatic rings. The molecule has 0 unspecified atom stereocenters. The molecule has 8 nitrogen and oxygen atoms in total. The highest BCUT2D eigenvalue weighted by atomic mass is 32.1. The monoisotopic (exact) mass is 582 g/mol. The molecule has 9 heteroatoms. The van der Waals surface area contributed by atoms with E-state index < -0.39 is 0 Å². The van der Waals surface area contributed by atoms with Gasteiger partial charge in [-0.05, 0) is 112 Å². The van der Waals surface area contributed by atoms with Gasteiger partial charge in [-0.15, -0.1) is 0 Å². The maximum Gasteiger partial charge on any atom is 0.250 e. The lowest BCUT2D eigenvalue weighted by molar-refractivity contribution is -0.119. The minimum atomic E-state index is -0.200. The summed E-state index contributed by atoms with van der Waals surface area (Å²) in [7, 11) is 1.50. The average molecular weight is 583 g/mol. The van der Waals surface area contributed by atoms with Gasteiger partial charge >= 0.3 is 0 Å². The number of thiocarbonyl (C=S) groups is 1. The van der Waals surface area contributed by atoms with Gasteiger partial charge in [-0.3, -0.25) is 9.78 Å². The fourth-order valence-electron chi connectivity index (χ4n) is 5.87. The van der Waals surface area contributed by atoms with Crippen LogP contribution in [0.4, 0.5) is 17.1 Å². The fraction of sp³-hybridized carbons (Fsp3) is 0.303. The van der Waals surface area contributed by atoms with Crippen molar-refractivity contribution in [2.75, 3.05) is 41.9 Å². The second-order valence-corrected chi connectivity index (χ2v) is 10.8. The van der Waals surface area contributed by atoms with Gasteiger partial charge in [0.1, 0.15) is 6.61 Å². The largest absolute Gasteiger partial charge is 0.375 e. The summed E-state index contributed by atoms with van der Waals surface area (Å²) < 4.78 is 7.25. The van der Waals surface area contributed by atoms with Crippen molar-refractivity contribution in [3.63, 3.8) is 0 Å². The second-order valence-electron chi connectivity index (χ2n) is 10.4. The van der Waals surface area contributed by atoms with Crippen LogP contribution in [0.15, 0.2) is 79.0 Å². The number of carbonyl (C=O) groups is 1. The molecule has 2 aromatic carbocycles. The molecule has 218 valence electrons. The lowest BCUT2D eigenvalue weighted by atomic mass is 9.96. The normalized spacial score (nSPS) is 16.4.